The Hall–Kier alpha value is -3.83. The van der Waals surface area contributed by atoms with Crippen LogP contribution in [0.2, 0.25) is 0 Å². The Morgan fingerprint density at radius 3 is 2.62 bits per heavy atom. The molecule has 3 amide bonds. The van der Waals surface area contributed by atoms with Crippen LogP contribution in [0.1, 0.15) is 24.2 Å². The lowest BCUT2D eigenvalue weighted by molar-refractivity contribution is 0.0371. The lowest BCUT2D eigenvalue weighted by Crippen LogP contribution is -2.50. The first-order chi connectivity index (χ1) is 18.5. The molecule has 0 aromatic heterocycles. The number of hydrogen-bond donors (Lipinski definition) is 3. The number of ether oxygens (including phenoxy) is 1. The number of aliphatic hydroxyl groups is 1. The first-order valence-corrected chi connectivity index (χ1v) is 14.6. The molecule has 0 bridgehead atoms. The summed E-state index contributed by atoms with van der Waals surface area (Å²) >= 11 is 0. The van der Waals surface area contributed by atoms with Gasteiger partial charge in [0.1, 0.15) is 11.9 Å². The first-order valence-electron chi connectivity index (χ1n) is 12.7. The molecule has 1 aliphatic heterocycles. The molecule has 1 heterocycles. The number of hydrogen-bond acceptors (Lipinski definition) is 6. The molecule has 4 rings (SSSR count). The van der Waals surface area contributed by atoms with Crippen LogP contribution in [-0.2, 0) is 10.0 Å². The van der Waals surface area contributed by atoms with Gasteiger partial charge in [0.15, 0.2) is 0 Å². The average Bonchev–Trinajstić information content (AvgIpc) is 2.89. The summed E-state index contributed by atoms with van der Waals surface area (Å²) in [6.45, 7) is 3.91. The maximum absolute atomic E-state index is 13.5. The van der Waals surface area contributed by atoms with Gasteiger partial charge < -0.3 is 25.0 Å². The van der Waals surface area contributed by atoms with Crippen molar-refractivity contribution in [2.75, 3.05) is 43.0 Å². The highest BCUT2D eigenvalue weighted by Crippen LogP contribution is 2.31. The Kier molecular flexibility index (Phi) is 8.31. The zero-order chi connectivity index (χ0) is 28.3. The zero-order valence-corrected chi connectivity index (χ0v) is 23.2. The molecule has 11 heteroatoms. The maximum Gasteiger partial charge on any atom is 0.321 e. The predicted molar refractivity (Wildman–Crippen MR) is 152 cm³/mol. The van der Waals surface area contributed by atoms with Gasteiger partial charge in [-0.15, -0.1) is 0 Å². The number of anilines is 2. The summed E-state index contributed by atoms with van der Waals surface area (Å²) in [5.74, 6) is -0.303. The third kappa shape index (κ3) is 6.61. The fourth-order valence-corrected chi connectivity index (χ4v) is 5.17. The van der Waals surface area contributed by atoms with E-state index in [0.29, 0.717) is 5.69 Å². The molecular weight excluding hydrogens is 520 g/mol. The molecular formula is C28H34N4O6S. The van der Waals surface area contributed by atoms with Crippen molar-refractivity contribution >= 4 is 44.1 Å². The van der Waals surface area contributed by atoms with E-state index >= 15 is 0 Å². The number of carbonyl (C=O) groups excluding carboxylic acids is 2. The van der Waals surface area contributed by atoms with Crippen molar-refractivity contribution in [2.45, 2.75) is 26.0 Å². The molecule has 3 atom stereocenters. The highest BCUT2D eigenvalue weighted by Gasteiger charge is 2.34. The van der Waals surface area contributed by atoms with Crippen LogP contribution < -0.4 is 14.8 Å². The number of nitrogens with zero attached hydrogens (tertiary/aromatic N) is 2. The first kappa shape index (κ1) is 28.2. The molecule has 208 valence electrons. The third-order valence-corrected chi connectivity index (χ3v) is 7.41. The highest BCUT2D eigenvalue weighted by molar-refractivity contribution is 7.92. The van der Waals surface area contributed by atoms with Gasteiger partial charge in [-0.2, -0.15) is 0 Å². The fraction of sp³-hybridized carbons (Fsp3) is 0.357. The summed E-state index contributed by atoms with van der Waals surface area (Å²) in [6, 6.07) is 17.2. The van der Waals surface area contributed by atoms with Crippen molar-refractivity contribution in [1.29, 1.82) is 0 Å². The van der Waals surface area contributed by atoms with Gasteiger partial charge in [-0.3, -0.25) is 9.52 Å². The molecule has 0 radical (unpaired) electrons. The Labute approximate surface area is 228 Å². The number of aliphatic hydroxyl groups excluding tert-OH is 1. The summed E-state index contributed by atoms with van der Waals surface area (Å²) in [5, 5.41) is 14.7. The van der Waals surface area contributed by atoms with Crippen LogP contribution in [0.4, 0.5) is 16.2 Å². The van der Waals surface area contributed by atoms with Gasteiger partial charge in [0, 0.05) is 30.6 Å². The maximum atomic E-state index is 13.5. The summed E-state index contributed by atoms with van der Waals surface area (Å²) in [4.78, 5) is 29.8. The number of fused-ring (bicyclic) bond motifs is 2. The van der Waals surface area contributed by atoms with Crippen molar-refractivity contribution in [3.8, 4) is 5.75 Å². The second kappa shape index (κ2) is 11.5. The van der Waals surface area contributed by atoms with Gasteiger partial charge >= 0.3 is 6.03 Å². The molecule has 0 unspecified atom stereocenters. The van der Waals surface area contributed by atoms with Crippen molar-refractivity contribution < 1.29 is 27.9 Å². The lowest BCUT2D eigenvalue weighted by Gasteiger charge is -2.38. The van der Waals surface area contributed by atoms with E-state index in [1.807, 2.05) is 49.4 Å². The van der Waals surface area contributed by atoms with E-state index in [1.165, 1.54) is 17.0 Å². The molecule has 3 N–H and O–H groups in total. The Balaban J connectivity index is 1.60. The Morgan fingerprint density at radius 2 is 1.90 bits per heavy atom. The molecule has 0 fully saturated rings. The second-order valence-corrected chi connectivity index (χ2v) is 11.8. The minimum absolute atomic E-state index is 0.170. The number of urea groups is 1. The van der Waals surface area contributed by atoms with Crippen LogP contribution in [0, 0.1) is 5.92 Å². The summed E-state index contributed by atoms with van der Waals surface area (Å²) in [5.41, 5.74) is 1.09. The summed E-state index contributed by atoms with van der Waals surface area (Å²) < 4.78 is 32.2. The third-order valence-electron chi connectivity index (χ3n) is 6.80. The van der Waals surface area contributed by atoms with E-state index in [2.05, 4.69) is 10.0 Å². The number of rotatable bonds is 7. The number of carbonyl (C=O) groups is 2. The number of benzene rings is 3. The number of nitrogens with one attached hydrogen (secondary N) is 2. The van der Waals surface area contributed by atoms with Crippen molar-refractivity contribution in [3.63, 3.8) is 0 Å². The number of amides is 3. The monoisotopic (exact) mass is 554 g/mol. The van der Waals surface area contributed by atoms with E-state index in [-0.39, 0.29) is 54.6 Å². The van der Waals surface area contributed by atoms with Crippen LogP contribution in [0.15, 0.2) is 60.7 Å². The molecule has 1 aliphatic rings. The van der Waals surface area contributed by atoms with Crippen molar-refractivity contribution in [2.24, 2.45) is 5.92 Å². The van der Waals surface area contributed by atoms with E-state index in [9.17, 15) is 23.1 Å². The van der Waals surface area contributed by atoms with Crippen LogP contribution in [0.25, 0.3) is 10.8 Å². The largest absolute Gasteiger partial charge is 0.487 e. The standard InChI is InChI=1S/C28H34N4O6S/c1-18-15-32(19(2)17-33)27(34)23-14-21(30-39(4,36)37)12-13-25(23)38-26(18)16-31(3)28(35)29-24-11-7-9-20-8-5-6-10-22(20)24/h5-14,18-19,26,30,33H,15-17H2,1-4H3,(H,29,35)/t18-,19+,26-/m1/s1. The van der Waals surface area contributed by atoms with E-state index < -0.39 is 22.2 Å². The fourth-order valence-electron chi connectivity index (χ4n) is 4.62. The quantitative estimate of drug-likeness (QED) is 0.410. The van der Waals surface area contributed by atoms with Gasteiger partial charge in [-0.25, -0.2) is 13.2 Å². The minimum Gasteiger partial charge on any atom is -0.487 e. The average molecular weight is 555 g/mol. The van der Waals surface area contributed by atoms with Gasteiger partial charge in [-0.1, -0.05) is 43.3 Å². The molecule has 3 aromatic carbocycles. The minimum atomic E-state index is -3.56. The smallest absolute Gasteiger partial charge is 0.321 e. The van der Waals surface area contributed by atoms with Crippen LogP contribution >= 0.6 is 0 Å². The van der Waals surface area contributed by atoms with E-state index in [4.69, 9.17) is 4.74 Å². The van der Waals surface area contributed by atoms with Gasteiger partial charge in [0.05, 0.1) is 36.7 Å². The number of likely N-dealkylation sites (N-methyl/N-ethyl adjacent to an activating group) is 1. The van der Waals surface area contributed by atoms with Crippen LogP contribution in [-0.4, -0.2) is 80.4 Å². The normalized spacial score (nSPS) is 18.4. The van der Waals surface area contributed by atoms with Crippen molar-refractivity contribution in [3.05, 3.63) is 66.2 Å². The molecule has 0 saturated carbocycles. The van der Waals surface area contributed by atoms with Crippen molar-refractivity contribution in [1.82, 2.24) is 9.80 Å². The number of sulfonamides is 1. The molecule has 10 nitrogen and oxygen atoms in total. The summed E-state index contributed by atoms with van der Waals surface area (Å²) in [6.07, 6.45) is 0.529. The zero-order valence-electron chi connectivity index (χ0n) is 22.4. The molecule has 0 saturated heterocycles. The Bertz CT molecular complexity index is 1470. The van der Waals surface area contributed by atoms with Crippen LogP contribution in [0.3, 0.4) is 0 Å². The van der Waals surface area contributed by atoms with E-state index in [1.54, 1.807) is 24.9 Å². The summed E-state index contributed by atoms with van der Waals surface area (Å²) in [7, 11) is -1.89. The SMILES string of the molecule is C[C@@H]1CN([C@@H](C)CO)C(=O)c2cc(NS(C)(=O)=O)ccc2O[C@@H]1CN(C)C(=O)Nc1cccc2ccccc12. The molecule has 39 heavy (non-hydrogen) atoms. The second-order valence-electron chi connectivity index (χ2n) is 10.0. The lowest BCUT2D eigenvalue weighted by atomic mass is 9.99. The predicted octanol–water partition coefficient (Wildman–Crippen LogP) is 3.60. The van der Waals surface area contributed by atoms with Gasteiger partial charge in [-0.05, 0) is 36.6 Å². The van der Waals surface area contributed by atoms with E-state index in [0.717, 1.165) is 17.0 Å². The van der Waals surface area contributed by atoms with Gasteiger partial charge in [0.2, 0.25) is 10.0 Å². The topological polar surface area (TPSA) is 128 Å². The highest BCUT2D eigenvalue weighted by atomic mass is 32.2. The Morgan fingerprint density at radius 1 is 1.18 bits per heavy atom. The molecule has 3 aromatic rings. The molecule has 0 aliphatic carbocycles. The van der Waals surface area contributed by atoms with Gasteiger partial charge in [0.25, 0.3) is 5.91 Å². The van der Waals surface area contributed by atoms with Crippen LogP contribution in [0.5, 0.6) is 5.75 Å². The molecule has 0 spiro atoms.